The largest absolute Gasteiger partial charge is 0.493 e. The smallest absolute Gasteiger partial charge is 0.287 e. The van der Waals surface area contributed by atoms with Crippen molar-refractivity contribution in [1.82, 2.24) is 9.97 Å². The number of aromatic nitrogens is 2. The molecule has 0 saturated carbocycles. The lowest BCUT2D eigenvalue weighted by molar-refractivity contribution is -0.385. The highest BCUT2D eigenvalue weighted by molar-refractivity contribution is 5.66. The Kier molecular flexibility index (Phi) is 6.27. The van der Waals surface area contributed by atoms with E-state index in [0.29, 0.717) is 23.8 Å². The number of nitro groups is 2. The number of pyridine rings is 2. The molecule has 0 amide bonds. The highest BCUT2D eigenvalue weighted by Crippen LogP contribution is 2.26. The van der Waals surface area contributed by atoms with Gasteiger partial charge in [0.15, 0.2) is 11.5 Å². The second-order valence-electron chi connectivity index (χ2n) is 5.97. The van der Waals surface area contributed by atoms with E-state index in [1.54, 1.807) is 18.4 Å². The molecule has 3 rings (SSSR count). The predicted octanol–water partition coefficient (Wildman–Crippen LogP) is 3.20. The minimum absolute atomic E-state index is 0.0948. The molecule has 2 aromatic heterocycles. The van der Waals surface area contributed by atoms with Crippen molar-refractivity contribution in [2.45, 2.75) is 6.42 Å². The molecule has 1 aliphatic rings. The van der Waals surface area contributed by atoms with Crippen molar-refractivity contribution in [1.29, 1.82) is 0 Å². The average Bonchev–Trinajstić information content (AvgIpc) is 2.75. The van der Waals surface area contributed by atoms with Crippen LogP contribution in [0.3, 0.4) is 0 Å². The Hall–Kier alpha value is -4.35. The minimum atomic E-state index is -0.540. The number of nitrogens with one attached hydrogen (secondary N) is 1. The molecule has 0 spiro atoms. The van der Waals surface area contributed by atoms with Crippen LogP contribution >= 0.6 is 0 Å². The van der Waals surface area contributed by atoms with Gasteiger partial charge in [-0.3, -0.25) is 25.7 Å². The molecule has 0 aromatic carbocycles. The maximum atomic E-state index is 10.7. The van der Waals surface area contributed by atoms with Crippen LogP contribution in [0.4, 0.5) is 17.2 Å². The van der Waals surface area contributed by atoms with Crippen LogP contribution in [0.25, 0.3) is 0 Å². The second-order valence-corrected chi connectivity index (χ2v) is 5.97. The zero-order valence-corrected chi connectivity index (χ0v) is 15.7. The van der Waals surface area contributed by atoms with E-state index in [1.165, 1.54) is 31.4 Å². The Labute approximate surface area is 169 Å². The second kappa shape index (κ2) is 9.23. The van der Waals surface area contributed by atoms with Crippen LogP contribution < -0.4 is 10.2 Å². The molecule has 1 atom stereocenters. The summed E-state index contributed by atoms with van der Waals surface area (Å²) >= 11 is 0. The molecule has 0 radical (unpaired) electrons. The van der Waals surface area contributed by atoms with Gasteiger partial charge in [0.25, 0.3) is 11.4 Å². The number of rotatable bonds is 8. The molecular weight excluding hydrogens is 396 g/mol. The topological polar surface area (TPSA) is 155 Å². The Bertz CT molecular complexity index is 1020. The van der Waals surface area contributed by atoms with Gasteiger partial charge in [0, 0.05) is 30.3 Å². The number of allylic oxidation sites excluding steroid dienone is 2. The Balaban J connectivity index is 1.60. The number of hydrazone groups is 1. The van der Waals surface area contributed by atoms with Crippen LogP contribution in [0.2, 0.25) is 0 Å². The minimum Gasteiger partial charge on any atom is -0.493 e. The highest BCUT2D eigenvalue weighted by Gasteiger charge is 2.18. The standard InChI is InChI=1S/C18H16N6O6/c1-29-16-8-12(9-21-22-17-6-3-13(10-19-17)23(25)26)2-5-15(16)30-18-7-4-14(11-20-18)24(27)28/h3-12H,2H2,1H3,(H,19,22)/b21-9-/t12-/m0/s1. The van der Waals surface area contributed by atoms with Gasteiger partial charge in [-0.25, -0.2) is 9.97 Å². The molecule has 1 aliphatic carbocycles. The molecule has 0 unspecified atom stereocenters. The lowest BCUT2D eigenvalue weighted by Crippen LogP contribution is -2.12. The highest BCUT2D eigenvalue weighted by atomic mass is 16.6. The van der Waals surface area contributed by atoms with Crippen molar-refractivity contribution >= 4 is 23.4 Å². The number of hydrogen-bond acceptors (Lipinski definition) is 10. The molecular formula is C18H16N6O6. The molecule has 12 nitrogen and oxygen atoms in total. The van der Waals surface area contributed by atoms with Gasteiger partial charge in [0.05, 0.1) is 17.0 Å². The van der Waals surface area contributed by atoms with Crippen molar-refractivity contribution in [2.24, 2.45) is 11.0 Å². The van der Waals surface area contributed by atoms with Gasteiger partial charge in [0.2, 0.25) is 5.88 Å². The van der Waals surface area contributed by atoms with Gasteiger partial charge >= 0.3 is 0 Å². The van der Waals surface area contributed by atoms with Crippen molar-refractivity contribution in [3.63, 3.8) is 0 Å². The van der Waals surface area contributed by atoms with Gasteiger partial charge in [-0.05, 0) is 24.6 Å². The number of ether oxygens (including phenoxy) is 2. The molecule has 30 heavy (non-hydrogen) atoms. The number of methoxy groups -OCH3 is 1. The molecule has 154 valence electrons. The van der Waals surface area contributed by atoms with E-state index in [4.69, 9.17) is 9.47 Å². The van der Waals surface area contributed by atoms with E-state index in [0.717, 1.165) is 12.4 Å². The first kappa shape index (κ1) is 20.4. The van der Waals surface area contributed by atoms with E-state index in [-0.39, 0.29) is 23.2 Å². The third-order valence-corrected chi connectivity index (χ3v) is 3.95. The molecule has 2 aromatic rings. The van der Waals surface area contributed by atoms with Crippen LogP contribution in [-0.2, 0) is 4.74 Å². The molecule has 12 heteroatoms. The quantitative estimate of drug-likeness (QED) is 0.391. The predicted molar refractivity (Wildman–Crippen MR) is 106 cm³/mol. The average molecular weight is 412 g/mol. The third-order valence-electron chi connectivity index (χ3n) is 3.95. The maximum absolute atomic E-state index is 10.7. The zero-order valence-electron chi connectivity index (χ0n) is 15.7. The summed E-state index contributed by atoms with van der Waals surface area (Å²) in [5, 5.41) is 25.4. The third kappa shape index (κ3) is 5.13. The van der Waals surface area contributed by atoms with Crippen LogP contribution in [0, 0.1) is 26.1 Å². The fraction of sp³-hybridized carbons (Fsp3) is 0.167. The monoisotopic (exact) mass is 412 g/mol. The van der Waals surface area contributed by atoms with Gasteiger partial charge in [0.1, 0.15) is 18.2 Å². The maximum Gasteiger partial charge on any atom is 0.287 e. The van der Waals surface area contributed by atoms with Crippen molar-refractivity contribution in [3.05, 3.63) is 80.6 Å². The van der Waals surface area contributed by atoms with Crippen molar-refractivity contribution in [2.75, 3.05) is 12.5 Å². The molecule has 0 saturated heterocycles. The zero-order chi connectivity index (χ0) is 21.5. The van der Waals surface area contributed by atoms with Crippen LogP contribution in [0.15, 0.2) is 65.4 Å². The summed E-state index contributed by atoms with van der Waals surface area (Å²) in [6.45, 7) is 0. The number of anilines is 1. The van der Waals surface area contributed by atoms with Gasteiger partial charge in [-0.1, -0.05) is 0 Å². The summed E-state index contributed by atoms with van der Waals surface area (Å²) in [5.41, 5.74) is 2.47. The van der Waals surface area contributed by atoms with Crippen LogP contribution in [-0.4, -0.2) is 33.1 Å². The summed E-state index contributed by atoms with van der Waals surface area (Å²) in [5.74, 6) is 1.38. The first-order chi connectivity index (χ1) is 14.5. The van der Waals surface area contributed by atoms with E-state index in [9.17, 15) is 20.2 Å². The van der Waals surface area contributed by atoms with E-state index in [1.807, 2.05) is 0 Å². The Morgan fingerprint density at radius 3 is 2.37 bits per heavy atom. The fourth-order valence-corrected chi connectivity index (χ4v) is 2.47. The fourth-order valence-electron chi connectivity index (χ4n) is 2.47. The summed E-state index contributed by atoms with van der Waals surface area (Å²) in [4.78, 5) is 28.1. The molecule has 0 bridgehead atoms. The first-order valence-electron chi connectivity index (χ1n) is 8.60. The first-order valence-corrected chi connectivity index (χ1v) is 8.60. The lowest BCUT2D eigenvalue weighted by atomic mass is 10.0. The molecule has 0 fully saturated rings. The van der Waals surface area contributed by atoms with E-state index >= 15 is 0 Å². The lowest BCUT2D eigenvalue weighted by Gasteiger charge is -2.18. The molecule has 2 heterocycles. The SMILES string of the molecule is COC1=C[C@@H](/C=N\Nc2ccc([N+](=O)[O-])cn2)CC=C1Oc1ccc([N+](=O)[O-])cn1. The van der Waals surface area contributed by atoms with Crippen molar-refractivity contribution in [3.8, 4) is 5.88 Å². The number of nitrogens with zero attached hydrogens (tertiary/aromatic N) is 5. The molecule has 1 N–H and O–H groups in total. The molecule has 0 aliphatic heterocycles. The van der Waals surface area contributed by atoms with Gasteiger partial charge in [-0.15, -0.1) is 0 Å². The summed E-state index contributed by atoms with van der Waals surface area (Å²) < 4.78 is 11.0. The van der Waals surface area contributed by atoms with E-state index < -0.39 is 9.85 Å². The normalized spacial score (nSPS) is 15.8. The van der Waals surface area contributed by atoms with Crippen LogP contribution in [0.5, 0.6) is 5.88 Å². The van der Waals surface area contributed by atoms with Crippen LogP contribution in [0.1, 0.15) is 6.42 Å². The van der Waals surface area contributed by atoms with Crippen molar-refractivity contribution < 1.29 is 19.3 Å². The van der Waals surface area contributed by atoms with E-state index in [2.05, 4.69) is 20.5 Å². The summed E-state index contributed by atoms with van der Waals surface area (Å²) in [7, 11) is 1.49. The summed E-state index contributed by atoms with van der Waals surface area (Å²) in [6.07, 6.45) is 8.05. The van der Waals surface area contributed by atoms with Gasteiger partial charge < -0.3 is 9.47 Å². The Morgan fingerprint density at radius 2 is 1.80 bits per heavy atom. The Morgan fingerprint density at radius 1 is 1.10 bits per heavy atom. The number of hydrogen-bond donors (Lipinski definition) is 1. The summed E-state index contributed by atoms with van der Waals surface area (Å²) in [6, 6.07) is 5.49. The van der Waals surface area contributed by atoms with Gasteiger partial charge in [-0.2, -0.15) is 5.10 Å².